The minimum Gasteiger partial charge on any atom is -0.370 e. The van der Waals surface area contributed by atoms with E-state index in [0.717, 1.165) is 6.61 Å². The molecular weight excluding hydrogens is 160 g/mol. The average Bonchev–Trinajstić information content (AvgIpc) is 2.41. The molecule has 1 heteroatoms. The third-order valence-electron chi connectivity index (χ3n) is 3.42. The van der Waals surface area contributed by atoms with Crippen LogP contribution in [0.4, 0.5) is 0 Å². The first-order valence-corrected chi connectivity index (χ1v) is 5.13. The highest BCUT2D eigenvalue weighted by Crippen LogP contribution is 2.43. The maximum Gasteiger partial charge on any atom is 0.0903 e. The number of ether oxygens (including phenoxy) is 1. The van der Waals surface area contributed by atoms with Crippen LogP contribution < -0.4 is 0 Å². The predicted octanol–water partition coefficient (Wildman–Crippen LogP) is 2.79. The van der Waals surface area contributed by atoms with Crippen LogP contribution >= 0.6 is 0 Å². The Balaban J connectivity index is 2.24. The summed E-state index contributed by atoms with van der Waals surface area (Å²) in [5.41, 5.74) is -0.0241. The SMILES string of the molecule is CC(C)C1COC2(C)C=CC=CC12. The number of fused-ring (bicyclic) bond motifs is 1. The minimum absolute atomic E-state index is 0.0241. The van der Waals surface area contributed by atoms with Crippen molar-refractivity contribution in [1.29, 1.82) is 0 Å². The molecule has 3 atom stereocenters. The van der Waals surface area contributed by atoms with Crippen LogP contribution in [0.3, 0.4) is 0 Å². The molecule has 1 aliphatic carbocycles. The molecule has 0 spiro atoms. The minimum atomic E-state index is -0.0241. The fourth-order valence-corrected chi connectivity index (χ4v) is 2.43. The highest BCUT2D eigenvalue weighted by Gasteiger charge is 2.44. The Labute approximate surface area is 80.5 Å². The summed E-state index contributed by atoms with van der Waals surface area (Å²) in [5.74, 6) is 1.98. The van der Waals surface area contributed by atoms with Crippen molar-refractivity contribution in [3.8, 4) is 0 Å². The Kier molecular flexibility index (Phi) is 2.07. The zero-order valence-electron chi connectivity index (χ0n) is 8.66. The van der Waals surface area contributed by atoms with Crippen molar-refractivity contribution in [2.75, 3.05) is 6.61 Å². The Bertz CT molecular complexity index is 252. The van der Waals surface area contributed by atoms with Crippen molar-refractivity contribution in [2.45, 2.75) is 26.4 Å². The van der Waals surface area contributed by atoms with Gasteiger partial charge in [0, 0.05) is 5.92 Å². The van der Waals surface area contributed by atoms with Gasteiger partial charge in [-0.3, -0.25) is 0 Å². The van der Waals surface area contributed by atoms with Crippen LogP contribution in [0.15, 0.2) is 24.3 Å². The van der Waals surface area contributed by atoms with E-state index < -0.39 is 0 Å². The van der Waals surface area contributed by atoms with Gasteiger partial charge < -0.3 is 4.74 Å². The maximum atomic E-state index is 5.88. The molecule has 2 aliphatic rings. The number of rotatable bonds is 1. The van der Waals surface area contributed by atoms with Gasteiger partial charge >= 0.3 is 0 Å². The molecule has 1 fully saturated rings. The van der Waals surface area contributed by atoms with E-state index in [2.05, 4.69) is 45.1 Å². The largest absolute Gasteiger partial charge is 0.370 e. The first-order chi connectivity index (χ1) is 6.13. The summed E-state index contributed by atoms with van der Waals surface area (Å²) >= 11 is 0. The molecule has 1 saturated heterocycles. The Morgan fingerprint density at radius 1 is 1.38 bits per heavy atom. The van der Waals surface area contributed by atoms with E-state index in [1.165, 1.54) is 0 Å². The number of hydrogen-bond donors (Lipinski definition) is 0. The summed E-state index contributed by atoms with van der Waals surface area (Å²) in [5, 5.41) is 0. The van der Waals surface area contributed by atoms with Crippen molar-refractivity contribution in [1.82, 2.24) is 0 Å². The number of hydrogen-bond acceptors (Lipinski definition) is 1. The van der Waals surface area contributed by atoms with Crippen molar-refractivity contribution in [3.63, 3.8) is 0 Å². The maximum absolute atomic E-state index is 5.88. The van der Waals surface area contributed by atoms with Crippen LogP contribution in [-0.4, -0.2) is 12.2 Å². The molecule has 0 bridgehead atoms. The van der Waals surface area contributed by atoms with Crippen molar-refractivity contribution in [3.05, 3.63) is 24.3 Å². The standard InChI is InChI=1S/C12H18O/c1-9(2)10-8-13-12(3)7-5-4-6-11(10)12/h4-7,9-11H,8H2,1-3H3. The van der Waals surface area contributed by atoms with Gasteiger partial charge in [-0.2, -0.15) is 0 Å². The van der Waals surface area contributed by atoms with Crippen LogP contribution in [0.25, 0.3) is 0 Å². The van der Waals surface area contributed by atoms with E-state index in [4.69, 9.17) is 4.74 Å². The lowest BCUT2D eigenvalue weighted by molar-refractivity contribution is 0.0450. The van der Waals surface area contributed by atoms with Gasteiger partial charge in [0.15, 0.2) is 0 Å². The van der Waals surface area contributed by atoms with E-state index in [0.29, 0.717) is 17.8 Å². The fraction of sp³-hybridized carbons (Fsp3) is 0.667. The molecule has 72 valence electrons. The van der Waals surface area contributed by atoms with Crippen LogP contribution in [0.2, 0.25) is 0 Å². The molecular formula is C12H18O. The van der Waals surface area contributed by atoms with E-state index >= 15 is 0 Å². The molecule has 0 N–H and O–H groups in total. The lowest BCUT2D eigenvalue weighted by Gasteiger charge is -2.30. The zero-order valence-corrected chi connectivity index (χ0v) is 8.66. The molecule has 0 aromatic rings. The van der Waals surface area contributed by atoms with Crippen molar-refractivity contribution in [2.24, 2.45) is 17.8 Å². The van der Waals surface area contributed by atoms with Crippen LogP contribution in [0, 0.1) is 17.8 Å². The van der Waals surface area contributed by atoms with Gasteiger partial charge in [-0.25, -0.2) is 0 Å². The van der Waals surface area contributed by atoms with E-state index in [1.54, 1.807) is 0 Å². The first-order valence-electron chi connectivity index (χ1n) is 5.13. The van der Waals surface area contributed by atoms with Crippen LogP contribution in [-0.2, 0) is 4.74 Å². The normalized spacial score (nSPS) is 42.8. The molecule has 13 heavy (non-hydrogen) atoms. The second-order valence-electron chi connectivity index (χ2n) is 4.67. The monoisotopic (exact) mass is 178 g/mol. The van der Waals surface area contributed by atoms with Crippen LogP contribution in [0.1, 0.15) is 20.8 Å². The third-order valence-corrected chi connectivity index (χ3v) is 3.42. The molecule has 1 aliphatic heterocycles. The van der Waals surface area contributed by atoms with Gasteiger partial charge in [0.2, 0.25) is 0 Å². The molecule has 0 radical (unpaired) electrons. The summed E-state index contributed by atoms with van der Waals surface area (Å²) in [4.78, 5) is 0. The molecule has 1 nitrogen and oxygen atoms in total. The van der Waals surface area contributed by atoms with Gasteiger partial charge in [0.05, 0.1) is 12.2 Å². The summed E-state index contributed by atoms with van der Waals surface area (Å²) in [6.07, 6.45) is 8.74. The first kappa shape index (κ1) is 9.01. The molecule has 2 rings (SSSR count). The average molecular weight is 178 g/mol. The van der Waals surface area contributed by atoms with Crippen molar-refractivity contribution >= 4 is 0 Å². The quantitative estimate of drug-likeness (QED) is 0.600. The van der Waals surface area contributed by atoms with Gasteiger partial charge in [0.25, 0.3) is 0 Å². The Hall–Kier alpha value is -0.560. The highest BCUT2D eigenvalue weighted by atomic mass is 16.5. The van der Waals surface area contributed by atoms with Gasteiger partial charge in [-0.1, -0.05) is 38.2 Å². The molecule has 0 amide bonds. The second-order valence-corrected chi connectivity index (χ2v) is 4.67. The van der Waals surface area contributed by atoms with E-state index in [9.17, 15) is 0 Å². The van der Waals surface area contributed by atoms with Gasteiger partial charge in [0.1, 0.15) is 0 Å². The summed E-state index contributed by atoms with van der Waals surface area (Å²) < 4.78 is 5.88. The molecule has 0 saturated carbocycles. The summed E-state index contributed by atoms with van der Waals surface area (Å²) in [7, 11) is 0. The zero-order chi connectivity index (χ0) is 9.47. The second kappa shape index (κ2) is 2.98. The summed E-state index contributed by atoms with van der Waals surface area (Å²) in [6, 6.07) is 0. The molecule has 1 heterocycles. The van der Waals surface area contributed by atoms with Gasteiger partial charge in [-0.05, 0) is 18.8 Å². The van der Waals surface area contributed by atoms with E-state index in [-0.39, 0.29) is 5.60 Å². The Morgan fingerprint density at radius 2 is 2.15 bits per heavy atom. The van der Waals surface area contributed by atoms with Gasteiger partial charge in [-0.15, -0.1) is 0 Å². The lowest BCUT2D eigenvalue weighted by Crippen LogP contribution is -2.32. The molecule has 0 aromatic heterocycles. The predicted molar refractivity (Wildman–Crippen MR) is 54.5 cm³/mol. The van der Waals surface area contributed by atoms with E-state index in [1.807, 2.05) is 0 Å². The number of allylic oxidation sites excluding steroid dienone is 2. The van der Waals surface area contributed by atoms with Crippen molar-refractivity contribution < 1.29 is 4.74 Å². The summed E-state index contributed by atoms with van der Waals surface area (Å²) in [6.45, 7) is 7.67. The highest BCUT2D eigenvalue weighted by molar-refractivity contribution is 5.23. The van der Waals surface area contributed by atoms with Crippen LogP contribution in [0.5, 0.6) is 0 Å². The lowest BCUT2D eigenvalue weighted by atomic mass is 9.75. The molecule has 0 aromatic carbocycles. The topological polar surface area (TPSA) is 9.23 Å². The Morgan fingerprint density at radius 3 is 2.85 bits per heavy atom. The molecule has 3 unspecified atom stereocenters. The smallest absolute Gasteiger partial charge is 0.0903 e. The fourth-order valence-electron chi connectivity index (χ4n) is 2.43. The third kappa shape index (κ3) is 1.35.